The fraction of sp³-hybridized carbons (Fsp3) is 0.667. The van der Waals surface area contributed by atoms with E-state index in [1.54, 1.807) is 6.92 Å². The Kier molecular flexibility index (Phi) is 5.34. The monoisotopic (exact) mass is 278 g/mol. The van der Waals surface area contributed by atoms with Crippen molar-refractivity contribution in [3.05, 3.63) is 24.0 Å². The van der Waals surface area contributed by atoms with E-state index in [-0.39, 0.29) is 0 Å². The highest BCUT2D eigenvalue weighted by Crippen LogP contribution is 2.17. The molecule has 5 nitrogen and oxygen atoms in total. The summed E-state index contributed by atoms with van der Waals surface area (Å²) in [6.07, 6.45) is 1.38. The quantitative estimate of drug-likeness (QED) is 0.864. The van der Waals surface area contributed by atoms with Crippen LogP contribution in [0.2, 0.25) is 0 Å². The van der Waals surface area contributed by atoms with Crippen molar-refractivity contribution in [2.75, 3.05) is 58.3 Å². The zero-order valence-electron chi connectivity index (χ0n) is 12.8. The molecule has 112 valence electrons. The Hall–Kier alpha value is -1.17. The Morgan fingerprint density at radius 1 is 1.25 bits per heavy atom. The van der Waals surface area contributed by atoms with Gasteiger partial charge in [0.25, 0.3) is 0 Å². The zero-order chi connectivity index (χ0) is 14.5. The molecule has 1 aromatic heterocycles. The Bertz CT molecular complexity index is 397. The molecular formula is C15H26N4O. The van der Waals surface area contributed by atoms with Gasteiger partial charge < -0.3 is 14.9 Å². The Balaban J connectivity index is 1.84. The minimum absolute atomic E-state index is 0.494. The van der Waals surface area contributed by atoms with Crippen molar-refractivity contribution >= 4 is 5.69 Å². The van der Waals surface area contributed by atoms with Gasteiger partial charge >= 0.3 is 0 Å². The SMILES string of the molecule is C[C@@H](O)c1ccc(N2CCN(CCN(C)C)CC2)cn1. The molecule has 0 radical (unpaired) electrons. The maximum atomic E-state index is 9.48. The van der Waals surface area contributed by atoms with Gasteiger partial charge in [-0.25, -0.2) is 0 Å². The molecule has 1 atom stereocenters. The van der Waals surface area contributed by atoms with Crippen molar-refractivity contribution in [1.82, 2.24) is 14.8 Å². The average molecular weight is 278 g/mol. The molecule has 1 saturated heterocycles. The zero-order valence-corrected chi connectivity index (χ0v) is 12.8. The number of likely N-dealkylation sites (N-methyl/N-ethyl adjacent to an activating group) is 1. The van der Waals surface area contributed by atoms with E-state index in [4.69, 9.17) is 0 Å². The summed E-state index contributed by atoms with van der Waals surface area (Å²) in [5, 5.41) is 9.48. The predicted molar refractivity (Wildman–Crippen MR) is 82.1 cm³/mol. The van der Waals surface area contributed by atoms with Crippen LogP contribution in [0.5, 0.6) is 0 Å². The minimum Gasteiger partial charge on any atom is -0.387 e. The van der Waals surface area contributed by atoms with E-state index in [2.05, 4.69) is 39.8 Å². The van der Waals surface area contributed by atoms with Crippen molar-refractivity contribution < 1.29 is 5.11 Å². The summed E-state index contributed by atoms with van der Waals surface area (Å²) in [6, 6.07) is 3.98. The number of pyridine rings is 1. The molecule has 20 heavy (non-hydrogen) atoms. The molecule has 1 N–H and O–H groups in total. The first kappa shape index (κ1) is 15.2. The second-order valence-corrected chi connectivity index (χ2v) is 5.75. The first-order valence-corrected chi connectivity index (χ1v) is 7.32. The van der Waals surface area contributed by atoms with E-state index >= 15 is 0 Å². The lowest BCUT2D eigenvalue weighted by atomic mass is 10.2. The van der Waals surface area contributed by atoms with Gasteiger partial charge in [-0.2, -0.15) is 0 Å². The van der Waals surface area contributed by atoms with Gasteiger partial charge in [-0.3, -0.25) is 9.88 Å². The number of anilines is 1. The molecule has 1 aliphatic heterocycles. The topological polar surface area (TPSA) is 42.8 Å². The lowest BCUT2D eigenvalue weighted by Crippen LogP contribution is -2.48. The number of aliphatic hydroxyl groups is 1. The van der Waals surface area contributed by atoms with Crippen LogP contribution in [-0.2, 0) is 0 Å². The fourth-order valence-electron chi connectivity index (χ4n) is 2.40. The van der Waals surface area contributed by atoms with Gasteiger partial charge in [0, 0.05) is 39.3 Å². The second kappa shape index (κ2) is 7.02. The lowest BCUT2D eigenvalue weighted by molar-refractivity contribution is 0.194. The summed E-state index contributed by atoms with van der Waals surface area (Å²) in [6.45, 7) is 8.29. The largest absolute Gasteiger partial charge is 0.387 e. The maximum Gasteiger partial charge on any atom is 0.0931 e. The summed E-state index contributed by atoms with van der Waals surface area (Å²) < 4.78 is 0. The molecule has 0 saturated carbocycles. The van der Waals surface area contributed by atoms with Gasteiger partial charge in [0.15, 0.2) is 0 Å². The van der Waals surface area contributed by atoms with Crippen LogP contribution >= 0.6 is 0 Å². The van der Waals surface area contributed by atoms with Crippen LogP contribution in [0.15, 0.2) is 18.3 Å². The standard InChI is InChI=1S/C15H26N4O/c1-13(20)15-5-4-14(12-16-15)19-10-8-18(9-11-19)7-6-17(2)3/h4-5,12-13,20H,6-11H2,1-3H3/t13-/m1/s1. The first-order valence-electron chi connectivity index (χ1n) is 7.32. The molecule has 2 heterocycles. The molecule has 0 unspecified atom stereocenters. The van der Waals surface area contributed by atoms with Gasteiger partial charge in [0.2, 0.25) is 0 Å². The van der Waals surface area contributed by atoms with Gasteiger partial charge in [0.1, 0.15) is 0 Å². The Labute approximate surface area is 121 Å². The number of aliphatic hydroxyl groups excluding tert-OH is 1. The number of piperazine rings is 1. The molecule has 0 bridgehead atoms. The summed E-state index contributed by atoms with van der Waals surface area (Å²) in [4.78, 5) is 11.4. The van der Waals surface area contributed by atoms with Crippen LogP contribution in [0.1, 0.15) is 18.7 Å². The molecule has 0 aromatic carbocycles. The number of rotatable bonds is 5. The minimum atomic E-state index is -0.494. The van der Waals surface area contributed by atoms with E-state index in [1.165, 1.54) is 0 Å². The van der Waals surface area contributed by atoms with Gasteiger partial charge in [-0.15, -0.1) is 0 Å². The van der Waals surface area contributed by atoms with Crippen LogP contribution in [0.3, 0.4) is 0 Å². The van der Waals surface area contributed by atoms with Crippen LogP contribution in [0.4, 0.5) is 5.69 Å². The van der Waals surface area contributed by atoms with Crippen molar-refractivity contribution in [3.63, 3.8) is 0 Å². The normalized spacial score (nSPS) is 18.6. The van der Waals surface area contributed by atoms with E-state index in [1.807, 2.05) is 12.3 Å². The predicted octanol–water partition coefficient (Wildman–Crippen LogP) is 0.818. The average Bonchev–Trinajstić information content (AvgIpc) is 2.46. The molecular weight excluding hydrogens is 252 g/mol. The smallest absolute Gasteiger partial charge is 0.0931 e. The van der Waals surface area contributed by atoms with Crippen LogP contribution in [0, 0.1) is 0 Å². The maximum absolute atomic E-state index is 9.48. The highest BCUT2D eigenvalue weighted by Gasteiger charge is 2.17. The molecule has 1 fully saturated rings. The number of hydrogen-bond acceptors (Lipinski definition) is 5. The molecule has 0 amide bonds. The van der Waals surface area contributed by atoms with Crippen LogP contribution in [0.25, 0.3) is 0 Å². The highest BCUT2D eigenvalue weighted by molar-refractivity contribution is 5.45. The van der Waals surface area contributed by atoms with Crippen molar-refractivity contribution in [2.45, 2.75) is 13.0 Å². The van der Waals surface area contributed by atoms with Crippen molar-refractivity contribution in [2.24, 2.45) is 0 Å². The van der Waals surface area contributed by atoms with E-state index in [0.29, 0.717) is 0 Å². The molecule has 0 spiro atoms. The third kappa shape index (κ3) is 4.16. The Morgan fingerprint density at radius 3 is 2.45 bits per heavy atom. The molecule has 2 rings (SSSR count). The number of aromatic nitrogens is 1. The van der Waals surface area contributed by atoms with Crippen LogP contribution in [-0.4, -0.2) is 73.3 Å². The second-order valence-electron chi connectivity index (χ2n) is 5.75. The van der Waals surface area contributed by atoms with Gasteiger partial charge in [-0.1, -0.05) is 0 Å². The first-order chi connectivity index (χ1) is 9.56. The molecule has 5 heteroatoms. The van der Waals surface area contributed by atoms with E-state index in [9.17, 15) is 5.11 Å². The molecule has 1 aromatic rings. The fourth-order valence-corrected chi connectivity index (χ4v) is 2.40. The number of hydrogen-bond donors (Lipinski definition) is 1. The van der Waals surface area contributed by atoms with E-state index < -0.39 is 6.10 Å². The summed E-state index contributed by atoms with van der Waals surface area (Å²) in [5.41, 5.74) is 1.89. The van der Waals surface area contributed by atoms with Crippen LogP contribution < -0.4 is 4.90 Å². The third-order valence-electron chi connectivity index (χ3n) is 3.80. The van der Waals surface area contributed by atoms with Gasteiger partial charge in [0.05, 0.1) is 23.7 Å². The Morgan fingerprint density at radius 2 is 1.95 bits per heavy atom. The molecule has 0 aliphatic carbocycles. The van der Waals surface area contributed by atoms with Crippen molar-refractivity contribution in [1.29, 1.82) is 0 Å². The summed E-state index contributed by atoms with van der Waals surface area (Å²) in [5.74, 6) is 0. The molecule has 1 aliphatic rings. The van der Waals surface area contributed by atoms with Crippen molar-refractivity contribution in [3.8, 4) is 0 Å². The summed E-state index contributed by atoms with van der Waals surface area (Å²) >= 11 is 0. The lowest BCUT2D eigenvalue weighted by Gasteiger charge is -2.36. The third-order valence-corrected chi connectivity index (χ3v) is 3.80. The number of nitrogens with zero attached hydrogens (tertiary/aromatic N) is 4. The van der Waals surface area contributed by atoms with E-state index in [0.717, 1.165) is 50.6 Å². The highest BCUT2D eigenvalue weighted by atomic mass is 16.3. The summed E-state index contributed by atoms with van der Waals surface area (Å²) in [7, 11) is 4.23. The van der Waals surface area contributed by atoms with Gasteiger partial charge in [-0.05, 0) is 33.2 Å².